The van der Waals surface area contributed by atoms with Crippen molar-refractivity contribution in [3.8, 4) is 5.75 Å². The highest BCUT2D eigenvalue weighted by atomic mass is 16.5. The topological polar surface area (TPSA) is 50.7 Å². The minimum absolute atomic E-state index is 0.178. The molecule has 1 aromatic carbocycles. The van der Waals surface area contributed by atoms with Gasteiger partial charge in [-0.15, -0.1) is 0 Å². The van der Waals surface area contributed by atoms with Crippen molar-refractivity contribution in [2.24, 2.45) is 0 Å². The fraction of sp³-hybridized carbons (Fsp3) is 0.600. The Morgan fingerprint density at radius 1 is 1.21 bits per heavy atom. The lowest BCUT2D eigenvalue weighted by Gasteiger charge is -2.13. The number of hydrogen-bond acceptors (Lipinski definition) is 4. The van der Waals surface area contributed by atoms with Gasteiger partial charge in [-0.25, -0.2) is 0 Å². The SMILES string of the molecule is CCOCCOc1ccc(CC(C)NCCO)cc1. The van der Waals surface area contributed by atoms with Gasteiger partial charge in [0.2, 0.25) is 0 Å². The van der Waals surface area contributed by atoms with Crippen LogP contribution in [-0.2, 0) is 11.2 Å². The van der Waals surface area contributed by atoms with Crippen LogP contribution in [0.5, 0.6) is 5.75 Å². The molecule has 0 spiro atoms. The van der Waals surface area contributed by atoms with Crippen molar-refractivity contribution in [2.45, 2.75) is 26.3 Å². The largest absolute Gasteiger partial charge is 0.491 e. The van der Waals surface area contributed by atoms with E-state index in [4.69, 9.17) is 14.6 Å². The molecule has 0 aliphatic rings. The third-order valence-electron chi connectivity index (χ3n) is 2.77. The number of hydrogen-bond donors (Lipinski definition) is 2. The first-order valence-corrected chi connectivity index (χ1v) is 6.90. The average Bonchev–Trinajstić information content (AvgIpc) is 2.43. The second kappa shape index (κ2) is 9.78. The van der Waals surface area contributed by atoms with Crippen LogP contribution in [0.25, 0.3) is 0 Å². The molecule has 0 aromatic heterocycles. The molecular weight excluding hydrogens is 242 g/mol. The number of rotatable bonds is 10. The van der Waals surface area contributed by atoms with Gasteiger partial charge in [-0.1, -0.05) is 12.1 Å². The van der Waals surface area contributed by atoms with Crippen LogP contribution in [0.15, 0.2) is 24.3 Å². The van der Waals surface area contributed by atoms with Crippen LogP contribution in [-0.4, -0.2) is 44.1 Å². The maximum atomic E-state index is 8.75. The van der Waals surface area contributed by atoms with Crippen LogP contribution in [0.4, 0.5) is 0 Å². The quantitative estimate of drug-likeness (QED) is 0.632. The Labute approximate surface area is 115 Å². The van der Waals surface area contributed by atoms with Crippen molar-refractivity contribution in [3.05, 3.63) is 29.8 Å². The highest BCUT2D eigenvalue weighted by molar-refractivity contribution is 5.27. The minimum atomic E-state index is 0.178. The Bertz CT molecular complexity index is 327. The Morgan fingerprint density at radius 3 is 2.58 bits per heavy atom. The predicted molar refractivity (Wildman–Crippen MR) is 76.7 cm³/mol. The van der Waals surface area contributed by atoms with Crippen molar-refractivity contribution in [3.63, 3.8) is 0 Å². The lowest BCUT2D eigenvalue weighted by Crippen LogP contribution is -2.30. The van der Waals surface area contributed by atoms with Crippen LogP contribution >= 0.6 is 0 Å². The van der Waals surface area contributed by atoms with E-state index in [0.29, 0.717) is 25.8 Å². The molecule has 0 amide bonds. The monoisotopic (exact) mass is 267 g/mol. The molecule has 19 heavy (non-hydrogen) atoms. The number of ether oxygens (including phenoxy) is 2. The smallest absolute Gasteiger partial charge is 0.119 e. The zero-order valence-corrected chi connectivity index (χ0v) is 11.9. The maximum Gasteiger partial charge on any atom is 0.119 e. The molecule has 0 aliphatic carbocycles. The second-order valence-corrected chi connectivity index (χ2v) is 4.47. The zero-order valence-electron chi connectivity index (χ0n) is 11.9. The van der Waals surface area contributed by atoms with E-state index in [2.05, 4.69) is 24.4 Å². The van der Waals surface area contributed by atoms with Gasteiger partial charge in [0.25, 0.3) is 0 Å². The Hall–Kier alpha value is -1.10. The second-order valence-electron chi connectivity index (χ2n) is 4.47. The molecule has 1 atom stereocenters. The molecule has 108 valence electrons. The molecule has 0 heterocycles. The predicted octanol–water partition coefficient (Wildman–Crippen LogP) is 1.61. The van der Waals surface area contributed by atoms with Crippen LogP contribution < -0.4 is 10.1 Å². The molecule has 2 N–H and O–H groups in total. The van der Waals surface area contributed by atoms with Crippen LogP contribution in [0.2, 0.25) is 0 Å². The summed E-state index contributed by atoms with van der Waals surface area (Å²) < 4.78 is 10.8. The number of aliphatic hydroxyl groups excluding tert-OH is 1. The van der Waals surface area contributed by atoms with Gasteiger partial charge in [-0.3, -0.25) is 0 Å². The molecule has 1 unspecified atom stereocenters. The average molecular weight is 267 g/mol. The summed E-state index contributed by atoms with van der Waals surface area (Å²) in [5.41, 5.74) is 1.26. The lowest BCUT2D eigenvalue weighted by molar-refractivity contribution is 0.110. The molecule has 4 nitrogen and oxygen atoms in total. The summed E-state index contributed by atoms with van der Waals surface area (Å²) in [5, 5.41) is 12.0. The van der Waals surface area contributed by atoms with Gasteiger partial charge < -0.3 is 19.9 Å². The highest BCUT2D eigenvalue weighted by Gasteiger charge is 2.02. The fourth-order valence-electron chi connectivity index (χ4n) is 1.82. The van der Waals surface area contributed by atoms with Gasteiger partial charge >= 0.3 is 0 Å². The van der Waals surface area contributed by atoms with Gasteiger partial charge in [0.15, 0.2) is 0 Å². The highest BCUT2D eigenvalue weighted by Crippen LogP contribution is 2.13. The van der Waals surface area contributed by atoms with E-state index in [0.717, 1.165) is 18.8 Å². The van der Waals surface area contributed by atoms with Crippen molar-refractivity contribution in [2.75, 3.05) is 33.0 Å². The van der Waals surface area contributed by atoms with Gasteiger partial charge in [0.1, 0.15) is 12.4 Å². The van der Waals surface area contributed by atoms with E-state index in [1.54, 1.807) is 0 Å². The molecule has 0 aliphatic heterocycles. The number of nitrogens with one attached hydrogen (secondary N) is 1. The maximum absolute atomic E-state index is 8.75. The van der Waals surface area contributed by atoms with Crippen molar-refractivity contribution in [1.82, 2.24) is 5.32 Å². The van der Waals surface area contributed by atoms with Crippen molar-refractivity contribution in [1.29, 1.82) is 0 Å². The van der Waals surface area contributed by atoms with Gasteiger partial charge in [0.05, 0.1) is 13.2 Å². The standard InChI is InChI=1S/C15H25NO3/c1-3-18-10-11-19-15-6-4-14(5-7-15)12-13(2)16-8-9-17/h4-7,13,16-17H,3,8-12H2,1-2H3. The third-order valence-corrected chi connectivity index (χ3v) is 2.77. The van der Waals surface area contributed by atoms with E-state index in [1.807, 2.05) is 19.1 Å². The van der Waals surface area contributed by atoms with Crippen LogP contribution in [0.1, 0.15) is 19.4 Å². The van der Waals surface area contributed by atoms with E-state index in [-0.39, 0.29) is 6.61 Å². The summed E-state index contributed by atoms with van der Waals surface area (Å²) in [6, 6.07) is 8.48. The normalized spacial score (nSPS) is 12.4. The molecule has 0 fully saturated rings. The fourth-order valence-corrected chi connectivity index (χ4v) is 1.82. The van der Waals surface area contributed by atoms with Crippen molar-refractivity contribution < 1.29 is 14.6 Å². The molecule has 1 aromatic rings. The summed E-state index contributed by atoms with van der Waals surface area (Å²) in [4.78, 5) is 0. The Balaban J connectivity index is 2.30. The Kier molecular flexibility index (Phi) is 8.21. The summed E-state index contributed by atoms with van der Waals surface area (Å²) in [6.07, 6.45) is 0.944. The van der Waals surface area contributed by atoms with E-state index >= 15 is 0 Å². The van der Waals surface area contributed by atoms with Crippen LogP contribution in [0.3, 0.4) is 0 Å². The molecule has 0 saturated heterocycles. The molecule has 0 radical (unpaired) electrons. The number of aliphatic hydroxyl groups is 1. The summed E-state index contributed by atoms with van der Waals surface area (Å²) in [7, 11) is 0. The van der Waals surface area contributed by atoms with Crippen molar-refractivity contribution >= 4 is 0 Å². The molecular formula is C15H25NO3. The first kappa shape index (κ1) is 16.0. The third kappa shape index (κ3) is 7.15. The van der Waals surface area contributed by atoms with Crippen LogP contribution in [0, 0.1) is 0 Å². The molecule has 0 saturated carbocycles. The van der Waals surface area contributed by atoms with Gasteiger partial charge in [-0.05, 0) is 38.0 Å². The molecule has 0 bridgehead atoms. The van der Waals surface area contributed by atoms with E-state index < -0.39 is 0 Å². The van der Waals surface area contributed by atoms with Gasteiger partial charge in [0, 0.05) is 19.2 Å². The lowest BCUT2D eigenvalue weighted by atomic mass is 10.1. The molecule has 4 heteroatoms. The first-order chi connectivity index (χ1) is 9.26. The Morgan fingerprint density at radius 2 is 1.95 bits per heavy atom. The zero-order chi connectivity index (χ0) is 13.9. The van der Waals surface area contributed by atoms with Gasteiger partial charge in [-0.2, -0.15) is 0 Å². The summed E-state index contributed by atoms with van der Waals surface area (Å²) in [5.74, 6) is 0.874. The van der Waals surface area contributed by atoms with E-state index in [1.165, 1.54) is 5.56 Å². The first-order valence-electron chi connectivity index (χ1n) is 6.90. The summed E-state index contributed by atoms with van der Waals surface area (Å²) in [6.45, 7) is 6.84. The van der Waals surface area contributed by atoms with E-state index in [9.17, 15) is 0 Å². The minimum Gasteiger partial charge on any atom is -0.491 e. The number of benzene rings is 1. The summed E-state index contributed by atoms with van der Waals surface area (Å²) >= 11 is 0. The molecule has 1 rings (SSSR count).